The molecule has 0 bridgehead atoms. The Labute approximate surface area is 230 Å². The Balaban J connectivity index is 0.000000141. The van der Waals surface area contributed by atoms with Crippen LogP contribution in [0, 0.1) is 17.1 Å². The van der Waals surface area contributed by atoms with Crippen LogP contribution >= 0.6 is 11.3 Å². The Morgan fingerprint density at radius 1 is 0.900 bits per heavy atom. The zero-order chi connectivity index (χ0) is 28.3. The van der Waals surface area contributed by atoms with Crippen LogP contribution in [0.15, 0.2) is 121 Å². The number of nitriles is 1. The average Bonchev–Trinajstić information content (AvgIpc) is 3.70. The topological polar surface area (TPSA) is 153 Å². The predicted molar refractivity (Wildman–Crippen MR) is 150 cm³/mol. The van der Waals surface area contributed by atoms with Crippen LogP contribution in [0.25, 0.3) is 22.5 Å². The zero-order valence-electron chi connectivity index (χ0n) is 20.7. The van der Waals surface area contributed by atoms with Gasteiger partial charge in [0.15, 0.2) is 0 Å². The first-order chi connectivity index (χ1) is 19.4. The standard InChI is InChI=1S/C12H8FN3.C8H6N2O2.C8H6N2OS/c1-8-2-3-12(16-15-8)10-4-9(7-14)5-11(13)6-10;2*11-8-2-1-7(9-10-8)6-3-4-12-5-6/h2-6,15H,1H2;2*1-5H,(H,10,11). The second kappa shape index (κ2) is 13.2. The van der Waals surface area contributed by atoms with E-state index in [1.807, 2.05) is 22.9 Å². The summed E-state index contributed by atoms with van der Waals surface area (Å²) in [6.45, 7) is 3.66. The summed E-state index contributed by atoms with van der Waals surface area (Å²) in [6.07, 6.45) is 6.58. The summed E-state index contributed by atoms with van der Waals surface area (Å²) in [5.41, 5.74) is 7.78. The minimum atomic E-state index is -0.449. The van der Waals surface area contributed by atoms with E-state index < -0.39 is 5.82 Å². The first-order valence-corrected chi connectivity index (χ1v) is 12.4. The number of thiophene rings is 1. The van der Waals surface area contributed by atoms with E-state index in [4.69, 9.17) is 9.68 Å². The fourth-order valence-corrected chi connectivity index (χ4v) is 3.83. The highest BCUT2D eigenvalue weighted by Gasteiger charge is 2.07. The van der Waals surface area contributed by atoms with Crippen molar-refractivity contribution < 1.29 is 8.81 Å². The smallest absolute Gasteiger partial charge is 0.264 e. The molecule has 0 spiro atoms. The number of rotatable bonds is 3. The number of benzene rings is 1. The number of halogens is 1. The van der Waals surface area contributed by atoms with Crippen LogP contribution in [0.1, 0.15) is 11.1 Å². The highest BCUT2D eigenvalue weighted by Crippen LogP contribution is 2.18. The zero-order valence-corrected chi connectivity index (χ0v) is 21.5. The number of hydrogen-bond donors (Lipinski definition) is 3. The number of H-pyrrole nitrogens is 2. The molecule has 5 heterocycles. The number of hydrazone groups is 1. The number of allylic oxidation sites excluding steroid dienone is 2. The van der Waals surface area contributed by atoms with Gasteiger partial charge in [-0.05, 0) is 60.0 Å². The van der Waals surface area contributed by atoms with Crippen molar-refractivity contribution in [2.24, 2.45) is 5.10 Å². The lowest BCUT2D eigenvalue weighted by Crippen LogP contribution is -2.13. The van der Waals surface area contributed by atoms with Crippen molar-refractivity contribution in [2.45, 2.75) is 0 Å². The van der Waals surface area contributed by atoms with Crippen LogP contribution in [0.4, 0.5) is 4.39 Å². The second-order valence-corrected chi connectivity index (χ2v) is 8.72. The van der Waals surface area contributed by atoms with Crippen LogP contribution < -0.4 is 16.5 Å². The van der Waals surface area contributed by atoms with E-state index in [-0.39, 0.29) is 16.7 Å². The highest BCUT2D eigenvalue weighted by molar-refractivity contribution is 7.08. The van der Waals surface area contributed by atoms with E-state index >= 15 is 0 Å². The van der Waals surface area contributed by atoms with Crippen LogP contribution in [0.5, 0.6) is 0 Å². The van der Waals surface area contributed by atoms with Gasteiger partial charge in [0.05, 0.1) is 41.3 Å². The molecule has 3 N–H and O–H groups in total. The molecular formula is C28H20FN7O3S. The maximum Gasteiger partial charge on any atom is 0.264 e. The molecule has 0 aliphatic carbocycles. The third-order valence-electron chi connectivity index (χ3n) is 5.08. The van der Waals surface area contributed by atoms with E-state index in [9.17, 15) is 14.0 Å². The Morgan fingerprint density at radius 2 is 1.62 bits per heavy atom. The highest BCUT2D eigenvalue weighted by atomic mass is 32.1. The Morgan fingerprint density at radius 3 is 2.15 bits per heavy atom. The largest absolute Gasteiger partial charge is 0.472 e. The number of aromatic nitrogens is 4. The van der Waals surface area contributed by atoms with Crippen LogP contribution in [0.3, 0.4) is 0 Å². The molecule has 0 saturated heterocycles. The van der Waals surface area contributed by atoms with Crippen molar-refractivity contribution in [2.75, 3.05) is 0 Å². The van der Waals surface area contributed by atoms with Gasteiger partial charge in [0.2, 0.25) is 0 Å². The first-order valence-electron chi connectivity index (χ1n) is 11.5. The summed E-state index contributed by atoms with van der Waals surface area (Å²) in [6, 6.07) is 16.0. The molecule has 0 amide bonds. The summed E-state index contributed by atoms with van der Waals surface area (Å²) in [4.78, 5) is 21.3. The fraction of sp³-hybridized carbons (Fsp3) is 0. The van der Waals surface area contributed by atoms with Gasteiger partial charge in [-0.15, -0.1) is 0 Å². The lowest BCUT2D eigenvalue weighted by molar-refractivity contribution is 0.568. The molecule has 1 aliphatic heterocycles. The Kier molecular flexibility index (Phi) is 9.05. The number of furan rings is 1. The molecule has 0 unspecified atom stereocenters. The van der Waals surface area contributed by atoms with Gasteiger partial charge in [-0.25, -0.2) is 14.6 Å². The van der Waals surface area contributed by atoms with Gasteiger partial charge in [0, 0.05) is 39.9 Å². The predicted octanol–water partition coefficient (Wildman–Crippen LogP) is 4.60. The van der Waals surface area contributed by atoms with Crippen LogP contribution in [0.2, 0.25) is 0 Å². The van der Waals surface area contributed by atoms with E-state index in [1.165, 1.54) is 24.3 Å². The van der Waals surface area contributed by atoms with Crippen molar-refractivity contribution >= 4 is 17.0 Å². The third-order valence-corrected chi connectivity index (χ3v) is 5.76. The molecule has 6 rings (SSSR count). The van der Waals surface area contributed by atoms with Gasteiger partial charge in [0.1, 0.15) is 5.82 Å². The fourth-order valence-electron chi connectivity index (χ4n) is 3.18. The summed E-state index contributed by atoms with van der Waals surface area (Å²) in [7, 11) is 0. The third kappa shape index (κ3) is 7.67. The molecule has 0 atom stereocenters. The number of nitrogens with zero attached hydrogens (tertiary/aromatic N) is 4. The van der Waals surface area contributed by atoms with Crippen molar-refractivity contribution in [3.05, 3.63) is 140 Å². The first kappa shape index (κ1) is 27.4. The molecule has 12 heteroatoms. The van der Waals surface area contributed by atoms with Crippen molar-refractivity contribution in [1.82, 2.24) is 25.8 Å². The number of hydrogen-bond acceptors (Lipinski definition) is 9. The molecule has 198 valence electrons. The van der Waals surface area contributed by atoms with Gasteiger partial charge in [-0.2, -0.15) is 31.9 Å². The van der Waals surface area contributed by atoms with Gasteiger partial charge < -0.3 is 4.42 Å². The number of nitrogens with one attached hydrogen (secondary N) is 3. The quantitative estimate of drug-likeness (QED) is 0.295. The molecule has 1 aromatic carbocycles. The van der Waals surface area contributed by atoms with E-state index in [2.05, 4.69) is 37.5 Å². The summed E-state index contributed by atoms with van der Waals surface area (Å²) < 4.78 is 18.0. The van der Waals surface area contributed by atoms with Gasteiger partial charge in [0.25, 0.3) is 11.1 Å². The molecule has 0 fully saturated rings. The minimum absolute atomic E-state index is 0.172. The van der Waals surface area contributed by atoms with Crippen molar-refractivity contribution in [3.8, 4) is 28.6 Å². The van der Waals surface area contributed by atoms with Gasteiger partial charge >= 0.3 is 0 Å². The molecule has 0 saturated carbocycles. The van der Waals surface area contributed by atoms with Crippen molar-refractivity contribution in [1.29, 1.82) is 5.26 Å². The van der Waals surface area contributed by atoms with E-state index in [1.54, 1.807) is 60.3 Å². The van der Waals surface area contributed by atoms with E-state index in [0.717, 1.165) is 16.8 Å². The molecule has 5 aromatic rings. The van der Waals surface area contributed by atoms with Crippen LogP contribution in [-0.4, -0.2) is 26.1 Å². The van der Waals surface area contributed by atoms with E-state index in [0.29, 0.717) is 22.7 Å². The summed E-state index contributed by atoms with van der Waals surface area (Å²) in [5, 5.41) is 29.1. The lowest BCUT2D eigenvalue weighted by Gasteiger charge is -2.09. The molecule has 4 aromatic heterocycles. The molecule has 0 radical (unpaired) electrons. The van der Waals surface area contributed by atoms with Crippen molar-refractivity contribution in [3.63, 3.8) is 0 Å². The monoisotopic (exact) mass is 553 g/mol. The number of aromatic amines is 2. The van der Waals surface area contributed by atoms with Gasteiger partial charge in [-0.1, -0.05) is 6.58 Å². The molecule has 1 aliphatic rings. The van der Waals surface area contributed by atoms with Crippen LogP contribution in [-0.2, 0) is 0 Å². The Hall–Kier alpha value is -5.67. The maximum absolute atomic E-state index is 13.2. The normalized spacial score (nSPS) is 11.6. The average molecular weight is 554 g/mol. The second-order valence-electron chi connectivity index (χ2n) is 7.94. The summed E-state index contributed by atoms with van der Waals surface area (Å²) in [5.74, 6) is -0.449. The molecule has 40 heavy (non-hydrogen) atoms. The minimum Gasteiger partial charge on any atom is -0.472 e. The SMILES string of the molecule is C=C1C=CC(c2cc(F)cc(C#N)c2)=NN1.O=c1ccc(-c2ccoc2)n[nH]1.O=c1ccc(-c2ccsc2)n[nH]1. The Bertz CT molecular complexity index is 1690. The maximum atomic E-state index is 13.2. The van der Waals surface area contributed by atoms with Gasteiger partial charge in [-0.3, -0.25) is 15.0 Å². The lowest BCUT2D eigenvalue weighted by atomic mass is 10.1. The molecular weight excluding hydrogens is 533 g/mol. The summed E-state index contributed by atoms with van der Waals surface area (Å²) >= 11 is 1.61. The molecule has 10 nitrogen and oxygen atoms in total.